The van der Waals surface area contributed by atoms with Crippen LogP contribution in [0.15, 0.2) is 34.9 Å². The third-order valence-electron chi connectivity index (χ3n) is 2.47. The van der Waals surface area contributed by atoms with Gasteiger partial charge in [0.15, 0.2) is 12.4 Å². The van der Waals surface area contributed by atoms with Crippen molar-refractivity contribution >= 4 is 27.7 Å². The number of carbonyl (C=O) groups is 1. The van der Waals surface area contributed by atoms with Gasteiger partial charge in [-0.15, -0.1) is 0 Å². The highest BCUT2D eigenvalue weighted by atomic mass is 79.9. The van der Waals surface area contributed by atoms with E-state index in [4.69, 9.17) is 4.74 Å². The lowest BCUT2D eigenvalue weighted by molar-refractivity contribution is -0.118. The number of nitrogens with zero attached hydrogens (tertiary/aromatic N) is 2. The number of nitrogens with one attached hydrogen (secondary N) is 1. The number of hydrogen-bond acceptors (Lipinski definition) is 4. The fourth-order valence-corrected chi connectivity index (χ4v) is 2.14. The van der Waals surface area contributed by atoms with E-state index >= 15 is 0 Å². The lowest BCUT2D eigenvalue weighted by Gasteiger charge is -2.17. The highest BCUT2D eigenvalue weighted by Crippen LogP contribution is 2.32. The lowest BCUT2D eigenvalue weighted by Crippen LogP contribution is -2.27. The van der Waals surface area contributed by atoms with Crippen LogP contribution in [0.3, 0.4) is 0 Å². The zero-order valence-electron chi connectivity index (χ0n) is 9.18. The molecule has 1 aromatic heterocycles. The van der Waals surface area contributed by atoms with Crippen molar-refractivity contribution in [3.63, 3.8) is 0 Å². The molecule has 0 bridgehead atoms. The van der Waals surface area contributed by atoms with Gasteiger partial charge in [0.05, 0.1) is 0 Å². The van der Waals surface area contributed by atoms with Gasteiger partial charge in [-0.2, -0.15) is 0 Å². The van der Waals surface area contributed by atoms with Gasteiger partial charge in [0.1, 0.15) is 10.3 Å². The van der Waals surface area contributed by atoms with E-state index in [-0.39, 0.29) is 12.5 Å². The number of halogens is 1. The first kappa shape index (κ1) is 11.2. The Bertz CT molecular complexity index is 616. The van der Waals surface area contributed by atoms with Crippen molar-refractivity contribution in [2.24, 2.45) is 0 Å². The maximum atomic E-state index is 11.2. The number of anilines is 1. The topological polar surface area (TPSA) is 64.1 Å². The first-order valence-corrected chi connectivity index (χ1v) is 6.09. The van der Waals surface area contributed by atoms with E-state index in [1.54, 1.807) is 0 Å². The van der Waals surface area contributed by atoms with Crippen molar-refractivity contribution in [2.75, 3.05) is 11.9 Å². The zero-order valence-corrected chi connectivity index (χ0v) is 10.8. The molecule has 0 spiro atoms. The van der Waals surface area contributed by atoms with Gasteiger partial charge >= 0.3 is 0 Å². The van der Waals surface area contributed by atoms with E-state index in [0.717, 1.165) is 5.56 Å². The predicted octanol–water partition coefficient (Wildman–Crippen LogP) is 2.24. The van der Waals surface area contributed by atoms with Crippen LogP contribution in [-0.4, -0.2) is 22.5 Å². The Hall–Kier alpha value is -1.95. The normalized spacial score (nSPS) is 13.5. The number of aromatic nitrogens is 2. The van der Waals surface area contributed by atoms with Gasteiger partial charge in [-0.1, -0.05) is 30.3 Å². The Balaban J connectivity index is 2.12. The summed E-state index contributed by atoms with van der Waals surface area (Å²) in [7, 11) is 0. The summed E-state index contributed by atoms with van der Waals surface area (Å²) in [5, 5.41) is 2.64. The number of carbonyl (C=O) groups excluding carboxylic acids is 1. The summed E-state index contributed by atoms with van der Waals surface area (Å²) in [6, 6.07) is 9.60. The molecular formula is C12H8BrN3O2. The summed E-state index contributed by atoms with van der Waals surface area (Å²) in [5.74, 6) is 0.465. The van der Waals surface area contributed by atoms with Crippen molar-refractivity contribution in [1.82, 2.24) is 9.97 Å². The van der Waals surface area contributed by atoms with Gasteiger partial charge in [0.2, 0.25) is 0 Å². The molecule has 1 aliphatic rings. The highest BCUT2D eigenvalue weighted by Gasteiger charge is 2.21. The summed E-state index contributed by atoms with van der Waals surface area (Å²) in [6.45, 7) is -0.0290. The molecule has 0 unspecified atom stereocenters. The predicted molar refractivity (Wildman–Crippen MR) is 69.3 cm³/mol. The minimum Gasteiger partial charge on any atom is -0.465 e. The molecule has 2 aromatic rings. The van der Waals surface area contributed by atoms with Crippen LogP contribution in [-0.2, 0) is 4.79 Å². The first-order chi connectivity index (χ1) is 8.74. The fourth-order valence-electron chi connectivity index (χ4n) is 1.66. The molecule has 6 heteroatoms. The molecule has 0 saturated carbocycles. The monoisotopic (exact) mass is 305 g/mol. The Labute approximate surface area is 111 Å². The van der Waals surface area contributed by atoms with Crippen LogP contribution >= 0.6 is 15.9 Å². The third-order valence-corrected chi connectivity index (χ3v) is 3.02. The number of hydrogen-bond donors (Lipinski definition) is 1. The molecule has 2 heterocycles. The Morgan fingerprint density at radius 3 is 2.78 bits per heavy atom. The molecule has 0 radical (unpaired) electrons. The van der Waals surface area contributed by atoms with Crippen molar-refractivity contribution in [1.29, 1.82) is 0 Å². The van der Waals surface area contributed by atoms with Gasteiger partial charge in [-0.05, 0) is 15.9 Å². The standard InChI is InChI=1S/C12H8BrN3O2/c13-10-9(7-4-2-1-3-5-7)15-11-12(16-10)18-6-8(17)14-11/h1-5H,6H2,(H,14,15,17). The molecule has 1 aliphatic heterocycles. The van der Waals surface area contributed by atoms with E-state index in [1.807, 2.05) is 30.3 Å². The van der Waals surface area contributed by atoms with Crippen LogP contribution in [0.1, 0.15) is 0 Å². The number of rotatable bonds is 1. The van der Waals surface area contributed by atoms with E-state index in [9.17, 15) is 4.79 Å². The second-order valence-electron chi connectivity index (χ2n) is 3.72. The Morgan fingerprint density at radius 2 is 2.00 bits per heavy atom. The second-order valence-corrected chi connectivity index (χ2v) is 4.47. The molecule has 1 amide bonds. The van der Waals surface area contributed by atoms with Crippen LogP contribution in [0.2, 0.25) is 0 Å². The summed E-state index contributed by atoms with van der Waals surface area (Å²) in [5.41, 5.74) is 1.58. The molecule has 3 rings (SSSR count). The minimum absolute atomic E-state index is 0.0290. The molecule has 0 saturated heterocycles. The summed E-state index contributed by atoms with van der Waals surface area (Å²) < 4.78 is 5.78. The van der Waals surface area contributed by atoms with E-state index in [2.05, 4.69) is 31.2 Å². The smallest absolute Gasteiger partial charge is 0.263 e. The number of ether oxygens (including phenoxy) is 1. The Kier molecular flexibility index (Phi) is 2.71. The average molecular weight is 306 g/mol. The maximum absolute atomic E-state index is 11.2. The van der Waals surface area contributed by atoms with Crippen LogP contribution in [0.25, 0.3) is 11.3 Å². The summed E-state index contributed by atoms with van der Waals surface area (Å²) in [4.78, 5) is 19.9. The van der Waals surface area contributed by atoms with Crippen LogP contribution in [0.5, 0.6) is 5.88 Å². The van der Waals surface area contributed by atoms with E-state index < -0.39 is 0 Å². The zero-order chi connectivity index (χ0) is 12.5. The van der Waals surface area contributed by atoms with Crippen molar-refractivity contribution in [3.05, 3.63) is 34.9 Å². The largest absolute Gasteiger partial charge is 0.465 e. The van der Waals surface area contributed by atoms with Crippen molar-refractivity contribution in [3.8, 4) is 17.1 Å². The molecule has 18 heavy (non-hydrogen) atoms. The molecule has 90 valence electrons. The van der Waals surface area contributed by atoms with Crippen LogP contribution in [0, 0.1) is 0 Å². The second kappa shape index (κ2) is 4.38. The maximum Gasteiger partial charge on any atom is 0.263 e. The molecule has 0 fully saturated rings. The van der Waals surface area contributed by atoms with Gasteiger partial charge in [0.25, 0.3) is 11.8 Å². The lowest BCUT2D eigenvalue weighted by atomic mass is 10.2. The fraction of sp³-hybridized carbons (Fsp3) is 0.0833. The van der Waals surface area contributed by atoms with E-state index in [1.165, 1.54) is 0 Å². The average Bonchev–Trinajstić information content (AvgIpc) is 2.39. The quantitative estimate of drug-likeness (QED) is 0.877. The molecule has 1 aromatic carbocycles. The number of fused-ring (bicyclic) bond motifs is 1. The van der Waals surface area contributed by atoms with Gasteiger partial charge < -0.3 is 10.1 Å². The van der Waals surface area contributed by atoms with Crippen molar-refractivity contribution < 1.29 is 9.53 Å². The molecule has 1 N–H and O–H groups in total. The van der Waals surface area contributed by atoms with Crippen LogP contribution < -0.4 is 10.1 Å². The number of amides is 1. The SMILES string of the molecule is O=C1COc2nc(Br)c(-c3ccccc3)nc2N1. The van der Waals surface area contributed by atoms with Gasteiger partial charge in [-0.25, -0.2) is 9.97 Å². The van der Waals surface area contributed by atoms with E-state index in [0.29, 0.717) is 22.0 Å². The number of benzene rings is 1. The summed E-state index contributed by atoms with van der Waals surface area (Å²) >= 11 is 3.36. The highest BCUT2D eigenvalue weighted by molar-refractivity contribution is 9.10. The molecular weight excluding hydrogens is 298 g/mol. The van der Waals surface area contributed by atoms with Crippen LogP contribution in [0.4, 0.5) is 5.82 Å². The summed E-state index contributed by atoms with van der Waals surface area (Å²) in [6.07, 6.45) is 0. The van der Waals surface area contributed by atoms with Gasteiger partial charge in [0, 0.05) is 5.56 Å². The molecule has 5 nitrogen and oxygen atoms in total. The minimum atomic E-state index is -0.224. The molecule has 0 atom stereocenters. The van der Waals surface area contributed by atoms with Gasteiger partial charge in [-0.3, -0.25) is 4.79 Å². The first-order valence-electron chi connectivity index (χ1n) is 5.29. The molecule has 0 aliphatic carbocycles. The Morgan fingerprint density at radius 1 is 1.22 bits per heavy atom. The third kappa shape index (κ3) is 1.95. The van der Waals surface area contributed by atoms with Crippen molar-refractivity contribution in [2.45, 2.75) is 0 Å².